The molecule has 4 aliphatic rings. The SMILES string of the molecule is COC(=O)c1c(C)[nH]c(C(=O)[C@@H](C)OC(=O)C23CC4CC(CC(C4)C2)C3)c1C. The van der Waals surface area contributed by atoms with Gasteiger partial charge in [0.25, 0.3) is 0 Å². The molecule has 0 saturated heterocycles. The fourth-order valence-electron chi connectivity index (χ4n) is 6.31. The highest BCUT2D eigenvalue weighted by atomic mass is 16.5. The minimum Gasteiger partial charge on any atom is -0.465 e. The van der Waals surface area contributed by atoms with E-state index in [1.54, 1.807) is 20.8 Å². The third-order valence-corrected chi connectivity index (χ3v) is 7.20. The lowest BCUT2D eigenvalue weighted by Gasteiger charge is -2.55. The molecular weight excluding hydrogens is 358 g/mol. The lowest BCUT2D eigenvalue weighted by atomic mass is 9.49. The first-order valence-corrected chi connectivity index (χ1v) is 10.3. The molecule has 6 nitrogen and oxygen atoms in total. The first-order valence-electron chi connectivity index (χ1n) is 10.3. The molecule has 1 N–H and O–H groups in total. The molecule has 6 heteroatoms. The van der Waals surface area contributed by atoms with Gasteiger partial charge in [0.2, 0.25) is 5.78 Å². The van der Waals surface area contributed by atoms with Crippen LogP contribution >= 0.6 is 0 Å². The van der Waals surface area contributed by atoms with Crippen molar-refractivity contribution in [2.75, 3.05) is 7.11 Å². The number of methoxy groups -OCH3 is 1. The van der Waals surface area contributed by atoms with Gasteiger partial charge in [-0.25, -0.2) is 4.79 Å². The number of esters is 2. The Morgan fingerprint density at radius 3 is 2.07 bits per heavy atom. The number of H-pyrrole nitrogens is 1. The van der Waals surface area contributed by atoms with Gasteiger partial charge in [0.15, 0.2) is 6.10 Å². The van der Waals surface area contributed by atoms with Crippen LogP contribution in [0, 0.1) is 37.0 Å². The Morgan fingerprint density at radius 1 is 1.04 bits per heavy atom. The summed E-state index contributed by atoms with van der Waals surface area (Å²) in [5, 5.41) is 0. The van der Waals surface area contributed by atoms with Crippen LogP contribution in [0.5, 0.6) is 0 Å². The van der Waals surface area contributed by atoms with E-state index in [9.17, 15) is 14.4 Å². The van der Waals surface area contributed by atoms with Gasteiger partial charge in [-0.1, -0.05) is 0 Å². The minimum absolute atomic E-state index is 0.207. The van der Waals surface area contributed by atoms with E-state index < -0.39 is 12.1 Å². The summed E-state index contributed by atoms with van der Waals surface area (Å²) in [6.45, 7) is 5.05. The molecular formula is C22H29NO5. The van der Waals surface area contributed by atoms with Gasteiger partial charge in [0, 0.05) is 5.69 Å². The van der Waals surface area contributed by atoms with Gasteiger partial charge >= 0.3 is 11.9 Å². The predicted octanol–water partition coefficient (Wildman–Crippen LogP) is 3.75. The Bertz CT molecular complexity index is 801. The Hall–Kier alpha value is -2.11. The van der Waals surface area contributed by atoms with E-state index in [2.05, 4.69) is 4.98 Å². The summed E-state index contributed by atoms with van der Waals surface area (Å²) < 4.78 is 10.5. The largest absolute Gasteiger partial charge is 0.465 e. The number of rotatable bonds is 5. The number of aromatic amines is 1. The number of Topliss-reactive ketones (excluding diaryl/α,β-unsaturated/α-hetero) is 1. The van der Waals surface area contributed by atoms with E-state index in [1.165, 1.54) is 26.4 Å². The van der Waals surface area contributed by atoms with Gasteiger partial charge in [-0.2, -0.15) is 0 Å². The number of aryl methyl sites for hydroxylation is 1. The molecule has 1 heterocycles. The van der Waals surface area contributed by atoms with Crippen molar-refractivity contribution in [1.29, 1.82) is 0 Å². The summed E-state index contributed by atoms with van der Waals surface area (Å²) in [7, 11) is 1.31. The molecule has 0 unspecified atom stereocenters. The second-order valence-electron chi connectivity index (χ2n) is 9.23. The van der Waals surface area contributed by atoms with Crippen LogP contribution in [0.15, 0.2) is 0 Å². The first kappa shape index (κ1) is 19.2. The normalized spacial score (nSPS) is 31.5. The molecule has 1 aromatic rings. The number of carbonyl (C=O) groups excluding carboxylic acids is 3. The second kappa shape index (κ2) is 6.75. The van der Waals surface area contributed by atoms with E-state index in [1.807, 2.05) is 0 Å². The van der Waals surface area contributed by atoms with E-state index >= 15 is 0 Å². The summed E-state index contributed by atoms with van der Waals surface area (Å²) in [5.41, 5.74) is 1.40. The summed E-state index contributed by atoms with van der Waals surface area (Å²) in [6.07, 6.45) is 5.58. The highest BCUT2D eigenvalue weighted by Gasteiger charge is 2.55. The monoisotopic (exact) mass is 387 g/mol. The van der Waals surface area contributed by atoms with Crippen molar-refractivity contribution in [2.24, 2.45) is 23.2 Å². The summed E-state index contributed by atoms with van der Waals surface area (Å²) in [6, 6.07) is 0. The zero-order chi connectivity index (χ0) is 20.2. The van der Waals surface area contributed by atoms with Crippen molar-refractivity contribution in [3.05, 3.63) is 22.5 Å². The van der Waals surface area contributed by atoms with Crippen molar-refractivity contribution < 1.29 is 23.9 Å². The molecule has 4 saturated carbocycles. The molecule has 0 amide bonds. The maximum absolute atomic E-state index is 13.1. The Morgan fingerprint density at radius 2 is 1.57 bits per heavy atom. The van der Waals surface area contributed by atoms with Gasteiger partial charge in [0.05, 0.1) is 23.8 Å². The summed E-state index contributed by atoms with van der Waals surface area (Å²) in [4.78, 5) is 41.0. The van der Waals surface area contributed by atoms with Crippen molar-refractivity contribution in [3.63, 3.8) is 0 Å². The van der Waals surface area contributed by atoms with Gasteiger partial charge in [-0.05, 0) is 82.6 Å². The Labute approximate surface area is 165 Å². The quantitative estimate of drug-likeness (QED) is 0.614. The fraction of sp³-hybridized carbons (Fsp3) is 0.682. The van der Waals surface area contributed by atoms with E-state index in [4.69, 9.17) is 9.47 Å². The topological polar surface area (TPSA) is 85.5 Å². The molecule has 4 aliphatic carbocycles. The van der Waals surface area contributed by atoms with E-state index in [0.717, 1.165) is 19.3 Å². The molecule has 5 rings (SSSR count). The smallest absolute Gasteiger partial charge is 0.339 e. The molecule has 1 atom stereocenters. The maximum Gasteiger partial charge on any atom is 0.339 e. The van der Waals surface area contributed by atoms with Gasteiger partial charge in [0.1, 0.15) is 0 Å². The van der Waals surface area contributed by atoms with Crippen LogP contribution in [0.25, 0.3) is 0 Å². The average Bonchev–Trinajstić information content (AvgIpc) is 2.93. The number of nitrogens with one attached hydrogen (secondary N) is 1. The van der Waals surface area contributed by atoms with Crippen LogP contribution < -0.4 is 0 Å². The lowest BCUT2D eigenvalue weighted by Crippen LogP contribution is -2.51. The average molecular weight is 387 g/mol. The maximum atomic E-state index is 13.1. The standard InChI is InChI=1S/C22H29NO5/c1-11-17(20(25)27-4)12(2)23-18(11)19(24)13(3)28-21(26)22-8-14-5-15(9-22)7-16(6-14)10-22/h13-16,23H,5-10H2,1-4H3/t13-,14?,15?,16?,22?/m1/s1. The van der Waals surface area contributed by atoms with E-state index in [-0.39, 0.29) is 17.2 Å². The van der Waals surface area contributed by atoms with Crippen LogP contribution in [-0.4, -0.2) is 35.9 Å². The van der Waals surface area contributed by atoms with Crippen LogP contribution in [0.2, 0.25) is 0 Å². The fourth-order valence-corrected chi connectivity index (χ4v) is 6.31. The van der Waals surface area contributed by atoms with Crippen LogP contribution in [0.3, 0.4) is 0 Å². The molecule has 1 aromatic heterocycles. The molecule has 0 aromatic carbocycles. The molecule has 0 spiro atoms. The highest BCUT2D eigenvalue weighted by molar-refractivity contribution is 6.04. The lowest BCUT2D eigenvalue weighted by molar-refractivity contribution is -0.174. The van der Waals surface area contributed by atoms with Crippen LogP contribution in [0.4, 0.5) is 0 Å². The number of hydrogen-bond donors (Lipinski definition) is 1. The number of carbonyl (C=O) groups is 3. The number of ether oxygens (including phenoxy) is 2. The van der Waals surface area contributed by atoms with Crippen LogP contribution in [0.1, 0.15) is 77.6 Å². The molecule has 152 valence electrons. The third-order valence-electron chi connectivity index (χ3n) is 7.20. The van der Waals surface area contributed by atoms with Gasteiger partial charge < -0.3 is 14.5 Å². The van der Waals surface area contributed by atoms with Gasteiger partial charge in [-0.15, -0.1) is 0 Å². The number of ketones is 1. The molecule has 4 fully saturated rings. The number of hydrogen-bond acceptors (Lipinski definition) is 5. The Kier molecular flexibility index (Phi) is 4.63. The third kappa shape index (κ3) is 2.97. The number of aromatic nitrogens is 1. The summed E-state index contributed by atoms with van der Waals surface area (Å²) in [5.74, 6) is 0.918. The first-order chi connectivity index (χ1) is 13.2. The zero-order valence-electron chi connectivity index (χ0n) is 17.1. The molecule has 4 bridgehead atoms. The van der Waals surface area contributed by atoms with Crippen LogP contribution in [-0.2, 0) is 14.3 Å². The highest BCUT2D eigenvalue weighted by Crippen LogP contribution is 2.60. The van der Waals surface area contributed by atoms with Crippen molar-refractivity contribution in [1.82, 2.24) is 4.98 Å². The molecule has 28 heavy (non-hydrogen) atoms. The van der Waals surface area contributed by atoms with Crippen molar-refractivity contribution in [2.45, 2.75) is 65.4 Å². The zero-order valence-corrected chi connectivity index (χ0v) is 17.1. The second-order valence-corrected chi connectivity index (χ2v) is 9.23. The van der Waals surface area contributed by atoms with Crippen molar-refractivity contribution >= 4 is 17.7 Å². The summed E-state index contributed by atoms with van der Waals surface area (Å²) >= 11 is 0. The molecule has 0 radical (unpaired) electrons. The van der Waals surface area contributed by atoms with Crippen molar-refractivity contribution in [3.8, 4) is 0 Å². The van der Waals surface area contributed by atoms with Gasteiger partial charge in [-0.3, -0.25) is 9.59 Å². The minimum atomic E-state index is -0.886. The predicted molar refractivity (Wildman–Crippen MR) is 102 cm³/mol. The Balaban J connectivity index is 1.50. The molecule has 0 aliphatic heterocycles. The van der Waals surface area contributed by atoms with E-state index in [0.29, 0.717) is 40.3 Å².